The number of fused-ring (bicyclic) bond motifs is 3. The fourth-order valence-corrected chi connectivity index (χ4v) is 8.16. The number of H-pyrrole nitrogens is 2. The first-order chi connectivity index (χ1) is 27.1. The van der Waals surface area contributed by atoms with Crippen molar-refractivity contribution in [3.63, 3.8) is 0 Å². The van der Waals surface area contributed by atoms with Crippen LogP contribution < -0.4 is 10.6 Å². The lowest BCUT2D eigenvalue weighted by atomic mass is 10.0. The minimum atomic E-state index is -0.691. The molecular weight excluding hydrogens is 713 g/mol. The van der Waals surface area contributed by atoms with Gasteiger partial charge in [0.1, 0.15) is 23.7 Å². The summed E-state index contributed by atoms with van der Waals surface area (Å²) >= 11 is 0. The highest BCUT2D eigenvalue weighted by atomic mass is 16.5. The molecule has 294 valence electrons. The van der Waals surface area contributed by atoms with E-state index in [0.717, 1.165) is 96.2 Å². The summed E-state index contributed by atoms with van der Waals surface area (Å²) in [6.07, 6.45) is 7.93. The number of alkyl carbamates (subject to hydrolysis) is 2. The second-order valence-corrected chi connectivity index (χ2v) is 15.2. The van der Waals surface area contributed by atoms with Crippen LogP contribution in [0.2, 0.25) is 0 Å². The molecular formula is C42H50N8O6. The van der Waals surface area contributed by atoms with Crippen LogP contribution in [0.15, 0.2) is 42.6 Å². The first-order valence-electron chi connectivity index (χ1n) is 19.6. The number of amides is 4. The Morgan fingerprint density at radius 2 is 1.61 bits per heavy atom. The van der Waals surface area contributed by atoms with E-state index in [1.165, 1.54) is 14.2 Å². The monoisotopic (exact) mass is 762 g/mol. The van der Waals surface area contributed by atoms with Crippen LogP contribution in [0.1, 0.15) is 106 Å². The van der Waals surface area contributed by atoms with Crippen molar-refractivity contribution in [2.75, 3.05) is 27.3 Å². The van der Waals surface area contributed by atoms with Gasteiger partial charge in [0.2, 0.25) is 11.8 Å². The smallest absolute Gasteiger partial charge is 0.407 e. The fourth-order valence-electron chi connectivity index (χ4n) is 8.16. The zero-order chi connectivity index (χ0) is 39.3. The van der Waals surface area contributed by atoms with Gasteiger partial charge in [-0.1, -0.05) is 50.7 Å². The lowest BCUT2D eigenvalue weighted by molar-refractivity contribution is -0.135. The van der Waals surface area contributed by atoms with E-state index in [2.05, 4.69) is 38.5 Å². The fraction of sp³-hybridized carbons (Fsp3) is 0.476. The molecule has 3 aliphatic rings. The standard InChI is InChI=1S/C42H50N8O6/c1-25(2)35(48-42(54)56-4)40(52)50-21-8-12-33(50)37-43-24-32(45-37)28-18-16-26(17-19-28)14-15-27-22-29-10-6-5-7-11-30(46-41(53)55-3)39(51)49-20-9-13-34(49)38-44-31(23-27)36(29)47-38/h16-19,22-25,30,33-35H,5-13,20-21H2,1-4H3,(H,43,45)(H,44,47)(H,46,53)(H,48,54)/t30-,33-,34-,35-/m0/s1. The number of hydrogen-bond donors (Lipinski definition) is 4. The molecule has 2 aromatic carbocycles. The van der Waals surface area contributed by atoms with Crippen molar-refractivity contribution in [2.45, 2.75) is 95.8 Å². The molecule has 0 spiro atoms. The average molecular weight is 763 g/mol. The van der Waals surface area contributed by atoms with Crippen LogP contribution in [0.3, 0.4) is 0 Å². The second kappa shape index (κ2) is 16.9. The Bertz CT molecular complexity index is 2150. The molecule has 14 heteroatoms. The third-order valence-electron chi connectivity index (χ3n) is 11.1. The van der Waals surface area contributed by atoms with E-state index < -0.39 is 24.3 Å². The number of aromatic amines is 2. The number of aromatic nitrogens is 4. The van der Waals surface area contributed by atoms with E-state index in [1.807, 2.05) is 55.3 Å². The SMILES string of the molecule is COC(=O)N[C@H]1CCCCCc2cc(C#Cc3ccc(-c4c[nH]c([C@@H]5CCCN5C(=O)[C@@H](NC(=O)OC)C(C)C)n4)cc3)cc3nc([nH]c23)[C@@H]2CCCN2C1=O. The van der Waals surface area contributed by atoms with Gasteiger partial charge in [-0.15, -0.1) is 0 Å². The second-order valence-electron chi connectivity index (χ2n) is 15.2. The molecule has 56 heavy (non-hydrogen) atoms. The lowest BCUT2D eigenvalue weighted by Gasteiger charge is -2.29. The van der Waals surface area contributed by atoms with Crippen LogP contribution in [0.4, 0.5) is 9.59 Å². The Kier molecular flexibility index (Phi) is 11.6. The summed E-state index contributed by atoms with van der Waals surface area (Å²) in [5.74, 6) is 7.82. The van der Waals surface area contributed by atoms with Crippen molar-refractivity contribution in [2.24, 2.45) is 5.92 Å². The van der Waals surface area contributed by atoms with E-state index in [1.54, 1.807) is 4.90 Å². The maximum Gasteiger partial charge on any atom is 0.407 e. The van der Waals surface area contributed by atoms with Crippen molar-refractivity contribution >= 4 is 35.0 Å². The summed E-state index contributed by atoms with van der Waals surface area (Å²) in [4.78, 5) is 71.7. The number of carbonyl (C=O) groups excluding carboxylic acids is 4. The first kappa shape index (κ1) is 38.4. The highest BCUT2D eigenvalue weighted by Crippen LogP contribution is 2.35. The number of carbonyl (C=O) groups is 4. The van der Waals surface area contributed by atoms with Crippen molar-refractivity contribution < 1.29 is 28.7 Å². The highest BCUT2D eigenvalue weighted by molar-refractivity contribution is 5.87. The van der Waals surface area contributed by atoms with Crippen LogP contribution in [0.25, 0.3) is 22.3 Å². The van der Waals surface area contributed by atoms with Crippen LogP contribution in [0, 0.1) is 17.8 Å². The zero-order valence-electron chi connectivity index (χ0n) is 32.4. The molecule has 2 aromatic heterocycles. The maximum absolute atomic E-state index is 13.7. The third-order valence-corrected chi connectivity index (χ3v) is 11.1. The number of rotatable bonds is 6. The van der Waals surface area contributed by atoms with E-state index in [9.17, 15) is 19.2 Å². The minimum Gasteiger partial charge on any atom is -0.453 e. The number of benzene rings is 2. The number of aryl methyl sites for hydroxylation is 1. The molecule has 0 aliphatic carbocycles. The predicted molar refractivity (Wildman–Crippen MR) is 209 cm³/mol. The largest absolute Gasteiger partial charge is 0.453 e. The number of nitrogens with zero attached hydrogens (tertiary/aromatic N) is 4. The molecule has 3 aliphatic heterocycles. The van der Waals surface area contributed by atoms with Crippen LogP contribution in [0.5, 0.6) is 0 Å². The summed E-state index contributed by atoms with van der Waals surface area (Å²) in [5.41, 5.74) is 6.39. The number of likely N-dealkylation sites (tertiary alicyclic amines) is 1. The van der Waals surface area contributed by atoms with Gasteiger partial charge in [0, 0.05) is 36.0 Å². The molecule has 0 unspecified atom stereocenters. The summed E-state index contributed by atoms with van der Waals surface area (Å²) in [6, 6.07) is 10.4. The number of nitrogens with one attached hydrogen (secondary N) is 4. The third kappa shape index (κ3) is 8.22. The summed E-state index contributed by atoms with van der Waals surface area (Å²) in [5, 5.41) is 5.46. The Hall–Kier alpha value is -5.84. The molecule has 4 amide bonds. The molecule has 4 atom stereocenters. The van der Waals surface area contributed by atoms with Crippen molar-refractivity contribution in [3.8, 4) is 23.1 Å². The quantitative estimate of drug-likeness (QED) is 0.176. The summed E-state index contributed by atoms with van der Waals surface area (Å²) in [7, 11) is 2.60. The topological polar surface area (TPSA) is 175 Å². The molecule has 2 fully saturated rings. The van der Waals surface area contributed by atoms with Gasteiger partial charge in [0.05, 0.1) is 43.0 Å². The van der Waals surface area contributed by atoms with Crippen molar-refractivity contribution in [1.82, 2.24) is 40.4 Å². The van der Waals surface area contributed by atoms with Gasteiger partial charge < -0.3 is 39.9 Å². The van der Waals surface area contributed by atoms with Gasteiger partial charge in [-0.25, -0.2) is 19.6 Å². The number of ether oxygens (including phenoxy) is 2. The molecule has 14 nitrogen and oxygen atoms in total. The molecule has 2 bridgehead atoms. The Labute approximate surface area is 326 Å². The number of methoxy groups -OCH3 is 2. The summed E-state index contributed by atoms with van der Waals surface area (Å²) < 4.78 is 9.58. The lowest BCUT2D eigenvalue weighted by Crippen LogP contribution is -2.51. The van der Waals surface area contributed by atoms with Crippen molar-refractivity contribution in [1.29, 1.82) is 0 Å². The minimum absolute atomic E-state index is 0.0956. The Morgan fingerprint density at radius 1 is 0.857 bits per heavy atom. The van der Waals surface area contributed by atoms with E-state index in [4.69, 9.17) is 19.4 Å². The van der Waals surface area contributed by atoms with Gasteiger partial charge in [-0.3, -0.25) is 9.59 Å². The van der Waals surface area contributed by atoms with Gasteiger partial charge in [0.15, 0.2) is 0 Å². The molecule has 5 heterocycles. The van der Waals surface area contributed by atoms with Crippen LogP contribution >= 0.6 is 0 Å². The molecule has 0 radical (unpaired) electrons. The van der Waals surface area contributed by atoms with E-state index >= 15 is 0 Å². The molecule has 7 rings (SSSR count). The Morgan fingerprint density at radius 3 is 2.38 bits per heavy atom. The van der Waals surface area contributed by atoms with Crippen LogP contribution in [-0.4, -0.2) is 93.1 Å². The first-order valence-corrected chi connectivity index (χ1v) is 19.6. The molecule has 2 saturated heterocycles. The predicted octanol–water partition coefficient (Wildman–Crippen LogP) is 5.90. The highest BCUT2D eigenvalue weighted by Gasteiger charge is 2.38. The number of hydrogen-bond acceptors (Lipinski definition) is 8. The average Bonchev–Trinajstić information content (AvgIpc) is 4.04. The van der Waals surface area contributed by atoms with Crippen molar-refractivity contribution in [3.05, 3.63) is 70.9 Å². The number of imidazole rings is 2. The zero-order valence-corrected chi connectivity index (χ0v) is 32.4. The molecule has 4 aromatic rings. The van der Waals surface area contributed by atoms with Crippen LogP contribution in [-0.2, 0) is 25.5 Å². The van der Waals surface area contributed by atoms with Gasteiger partial charge in [0.25, 0.3) is 0 Å². The van der Waals surface area contributed by atoms with E-state index in [-0.39, 0.29) is 29.8 Å². The van der Waals surface area contributed by atoms with Gasteiger partial charge >= 0.3 is 12.2 Å². The maximum atomic E-state index is 13.7. The van der Waals surface area contributed by atoms with E-state index in [0.29, 0.717) is 25.3 Å². The normalized spacial score (nSPS) is 20.4. The molecule has 0 saturated carbocycles. The summed E-state index contributed by atoms with van der Waals surface area (Å²) in [6.45, 7) is 5.00. The Balaban J connectivity index is 1.07. The van der Waals surface area contributed by atoms with Gasteiger partial charge in [-0.2, -0.15) is 0 Å². The van der Waals surface area contributed by atoms with Gasteiger partial charge in [-0.05, 0) is 80.7 Å². The molecule has 4 N–H and O–H groups in total.